The summed E-state index contributed by atoms with van der Waals surface area (Å²) in [6.45, 7) is 4.31. The Morgan fingerprint density at radius 3 is 2.25 bits per heavy atom. The van der Waals surface area contributed by atoms with Gasteiger partial charge in [0, 0.05) is 17.4 Å². The Balaban J connectivity index is 2.51. The van der Waals surface area contributed by atoms with Crippen molar-refractivity contribution in [2.24, 2.45) is 0 Å². The van der Waals surface area contributed by atoms with E-state index in [0.717, 1.165) is 12.7 Å². The van der Waals surface area contributed by atoms with E-state index in [1.54, 1.807) is 24.3 Å². The first kappa shape index (κ1) is 16.5. The van der Waals surface area contributed by atoms with Gasteiger partial charge in [0.15, 0.2) is 0 Å². The van der Waals surface area contributed by atoms with Crippen molar-refractivity contribution in [1.82, 2.24) is 5.32 Å². The van der Waals surface area contributed by atoms with Crippen LogP contribution >= 0.6 is 0 Å². The average molecular weight is 299 g/mol. The summed E-state index contributed by atoms with van der Waals surface area (Å²) in [4.78, 5) is 11.7. The van der Waals surface area contributed by atoms with Gasteiger partial charge in [-0.05, 0) is 37.6 Å². The molecule has 0 saturated carbocycles. The predicted molar refractivity (Wildman–Crippen MR) is 81.3 cm³/mol. The third-order valence-corrected chi connectivity index (χ3v) is 3.30. The third kappa shape index (κ3) is 6.53. The molecule has 0 saturated heterocycles. The molecule has 0 heterocycles. The lowest BCUT2D eigenvalue weighted by Crippen LogP contribution is -2.33. The summed E-state index contributed by atoms with van der Waals surface area (Å²) >= 11 is 0. The first-order valence-electron chi connectivity index (χ1n) is 6.41. The van der Waals surface area contributed by atoms with E-state index in [1.165, 1.54) is 0 Å². The van der Waals surface area contributed by atoms with E-state index in [1.807, 2.05) is 13.8 Å². The van der Waals surface area contributed by atoms with Gasteiger partial charge < -0.3 is 10.6 Å². The van der Waals surface area contributed by atoms with E-state index in [-0.39, 0.29) is 12.5 Å². The Morgan fingerprint density at radius 2 is 1.75 bits per heavy atom. The van der Waals surface area contributed by atoms with Crippen LogP contribution in [0.3, 0.4) is 0 Å². The molecule has 6 nitrogen and oxygen atoms in total. The molecule has 1 aromatic rings. The van der Waals surface area contributed by atoms with Gasteiger partial charge in [0.2, 0.25) is 15.9 Å². The highest BCUT2D eigenvalue weighted by atomic mass is 32.2. The number of amides is 1. The third-order valence-electron chi connectivity index (χ3n) is 2.70. The number of rotatable bonds is 7. The van der Waals surface area contributed by atoms with Crippen molar-refractivity contribution in [3.05, 3.63) is 24.3 Å². The maximum atomic E-state index is 11.7. The Morgan fingerprint density at radius 1 is 1.20 bits per heavy atom. The van der Waals surface area contributed by atoms with Crippen LogP contribution in [0.1, 0.15) is 20.3 Å². The fourth-order valence-corrected chi connectivity index (χ4v) is 2.02. The van der Waals surface area contributed by atoms with Gasteiger partial charge in [-0.3, -0.25) is 9.52 Å². The highest BCUT2D eigenvalue weighted by Crippen LogP contribution is 2.14. The minimum atomic E-state index is -3.28. The highest BCUT2D eigenvalue weighted by molar-refractivity contribution is 7.92. The van der Waals surface area contributed by atoms with E-state index >= 15 is 0 Å². The lowest BCUT2D eigenvalue weighted by molar-refractivity contribution is -0.115. The van der Waals surface area contributed by atoms with Crippen LogP contribution in [-0.2, 0) is 14.8 Å². The van der Waals surface area contributed by atoms with Gasteiger partial charge in [-0.2, -0.15) is 0 Å². The largest absolute Gasteiger partial charge is 0.325 e. The summed E-state index contributed by atoms with van der Waals surface area (Å²) < 4.78 is 24.5. The Hall–Kier alpha value is -1.60. The molecule has 112 valence electrons. The number of carbonyl (C=O) groups is 1. The molecule has 1 amide bonds. The van der Waals surface area contributed by atoms with Gasteiger partial charge in [-0.1, -0.05) is 6.92 Å². The lowest BCUT2D eigenvalue weighted by atomic mass is 10.2. The Bertz CT molecular complexity index is 540. The minimum absolute atomic E-state index is 0.130. The van der Waals surface area contributed by atoms with Gasteiger partial charge in [0.1, 0.15) is 0 Å². The highest BCUT2D eigenvalue weighted by Gasteiger charge is 2.05. The molecule has 1 rings (SSSR count). The van der Waals surface area contributed by atoms with Crippen LogP contribution in [0.4, 0.5) is 11.4 Å². The van der Waals surface area contributed by atoms with E-state index in [2.05, 4.69) is 15.4 Å². The summed E-state index contributed by atoms with van der Waals surface area (Å²) in [6.07, 6.45) is 2.04. The topological polar surface area (TPSA) is 87.3 Å². The van der Waals surface area contributed by atoms with Crippen molar-refractivity contribution in [1.29, 1.82) is 0 Å². The normalized spacial score (nSPS) is 12.8. The van der Waals surface area contributed by atoms with Crippen molar-refractivity contribution in [3.8, 4) is 0 Å². The summed E-state index contributed by atoms with van der Waals surface area (Å²) in [5, 5.41) is 5.82. The molecule has 20 heavy (non-hydrogen) atoms. The molecular weight excluding hydrogens is 278 g/mol. The molecule has 0 aliphatic carbocycles. The SMILES string of the molecule is CCC(C)NCC(=O)Nc1ccc(NS(C)(=O)=O)cc1. The fraction of sp³-hybridized carbons (Fsp3) is 0.462. The molecule has 0 aromatic heterocycles. The molecule has 3 N–H and O–H groups in total. The van der Waals surface area contributed by atoms with E-state index in [9.17, 15) is 13.2 Å². The first-order chi connectivity index (χ1) is 9.30. The second-order valence-corrected chi connectivity index (χ2v) is 6.44. The average Bonchev–Trinajstić information content (AvgIpc) is 2.36. The summed E-state index contributed by atoms with van der Waals surface area (Å²) in [5.41, 5.74) is 1.09. The van der Waals surface area contributed by atoms with Crippen molar-refractivity contribution in [3.63, 3.8) is 0 Å². The van der Waals surface area contributed by atoms with Crippen LogP contribution in [-0.4, -0.2) is 33.2 Å². The Labute approximate surface area is 120 Å². The zero-order valence-corrected chi connectivity index (χ0v) is 12.8. The van der Waals surface area contributed by atoms with E-state index in [4.69, 9.17) is 0 Å². The van der Waals surface area contributed by atoms with Crippen LogP contribution in [0.25, 0.3) is 0 Å². The van der Waals surface area contributed by atoms with Gasteiger partial charge in [0.05, 0.1) is 12.8 Å². The first-order valence-corrected chi connectivity index (χ1v) is 8.30. The number of hydrogen-bond acceptors (Lipinski definition) is 4. The minimum Gasteiger partial charge on any atom is -0.325 e. The molecule has 0 fully saturated rings. The summed E-state index contributed by atoms with van der Waals surface area (Å²) in [7, 11) is -3.28. The van der Waals surface area contributed by atoms with Crippen LogP contribution in [0, 0.1) is 0 Å². The Kier molecular flexibility index (Phi) is 5.97. The standard InChI is InChI=1S/C13H21N3O3S/c1-4-10(2)14-9-13(17)15-11-5-7-12(8-6-11)16-20(3,18)19/h5-8,10,14,16H,4,9H2,1-3H3,(H,15,17). The predicted octanol–water partition coefficient (Wildman–Crippen LogP) is 1.38. The second-order valence-electron chi connectivity index (χ2n) is 4.69. The van der Waals surface area contributed by atoms with Crippen molar-refractivity contribution in [2.75, 3.05) is 22.8 Å². The zero-order valence-electron chi connectivity index (χ0n) is 11.9. The van der Waals surface area contributed by atoms with Crippen molar-refractivity contribution in [2.45, 2.75) is 26.3 Å². The van der Waals surface area contributed by atoms with Crippen molar-refractivity contribution < 1.29 is 13.2 Å². The monoisotopic (exact) mass is 299 g/mol. The smallest absolute Gasteiger partial charge is 0.238 e. The number of sulfonamides is 1. The zero-order chi connectivity index (χ0) is 15.2. The van der Waals surface area contributed by atoms with E-state index in [0.29, 0.717) is 17.4 Å². The summed E-state index contributed by atoms with van der Waals surface area (Å²) in [5.74, 6) is -0.130. The molecule has 1 unspecified atom stereocenters. The second kappa shape index (κ2) is 7.25. The molecule has 1 atom stereocenters. The number of anilines is 2. The van der Waals surface area contributed by atoms with Crippen LogP contribution in [0.5, 0.6) is 0 Å². The molecule has 0 aliphatic heterocycles. The number of hydrogen-bond donors (Lipinski definition) is 3. The number of nitrogens with one attached hydrogen (secondary N) is 3. The fourth-order valence-electron chi connectivity index (χ4n) is 1.45. The maximum Gasteiger partial charge on any atom is 0.238 e. The molecule has 0 spiro atoms. The molecule has 1 aromatic carbocycles. The lowest BCUT2D eigenvalue weighted by Gasteiger charge is -2.11. The van der Waals surface area contributed by atoms with E-state index < -0.39 is 10.0 Å². The maximum absolute atomic E-state index is 11.7. The van der Waals surface area contributed by atoms with Crippen LogP contribution in [0.2, 0.25) is 0 Å². The van der Waals surface area contributed by atoms with Crippen LogP contribution < -0.4 is 15.4 Å². The molecular formula is C13H21N3O3S. The molecule has 0 bridgehead atoms. The number of benzene rings is 1. The molecule has 0 aliphatic rings. The van der Waals surface area contributed by atoms with Gasteiger partial charge in [0.25, 0.3) is 0 Å². The van der Waals surface area contributed by atoms with Crippen LogP contribution in [0.15, 0.2) is 24.3 Å². The molecule has 0 radical (unpaired) electrons. The number of carbonyl (C=O) groups excluding carboxylic acids is 1. The van der Waals surface area contributed by atoms with Gasteiger partial charge >= 0.3 is 0 Å². The molecule has 7 heteroatoms. The van der Waals surface area contributed by atoms with Crippen molar-refractivity contribution >= 4 is 27.3 Å². The van der Waals surface area contributed by atoms with Gasteiger partial charge in [-0.15, -0.1) is 0 Å². The summed E-state index contributed by atoms with van der Waals surface area (Å²) in [6, 6.07) is 6.78. The quantitative estimate of drug-likeness (QED) is 0.710. The van der Waals surface area contributed by atoms with Gasteiger partial charge in [-0.25, -0.2) is 8.42 Å².